The summed E-state index contributed by atoms with van der Waals surface area (Å²) >= 11 is 0. The average molecular weight is 261 g/mol. The molecular weight excluding hydrogens is 234 g/mol. The van der Waals surface area contributed by atoms with Gasteiger partial charge in [0.05, 0.1) is 0 Å². The van der Waals surface area contributed by atoms with Gasteiger partial charge in [0.25, 0.3) is 0 Å². The number of ether oxygens (including phenoxy) is 1. The standard InChI is InChI=1S/C17H27NO/c1-3-12-18-17-15(11-13-19-4-2)10-9-14-7-5-6-8-16(14)17/h5-8,15,17-18H,3-4,9-13H2,1-2H3. The summed E-state index contributed by atoms with van der Waals surface area (Å²) in [6.45, 7) is 7.13. The molecule has 1 aliphatic rings. The minimum absolute atomic E-state index is 0.519. The van der Waals surface area contributed by atoms with Crippen molar-refractivity contribution < 1.29 is 4.74 Å². The lowest BCUT2D eigenvalue weighted by Gasteiger charge is -2.34. The topological polar surface area (TPSA) is 21.3 Å². The van der Waals surface area contributed by atoms with Crippen LogP contribution in [-0.4, -0.2) is 19.8 Å². The van der Waals surface area contributed by atoms with Crippen LogP contribution in [0.3, 0.4) is 0 Å². The molecule has 0 aromatic heterocycles. The molecule has 2 rings (SSSR count). The summed E-state index contributed by atoms with van der Waals surface area (Å²) in [6, 6.07) is 9.44. The number of hydrogen-bond donors (Lipinski definition) is 1. The second-order valence-corrected chi connectivity index (χ2v) is 5.41. The second-order valence-electron chi connectivity index (χ2n) is 5.41. The molecule has 0 saturated carbocycles. The van der Waals surface area contributed by atoms with Crippen LogP contribution in [0.25, 0.3) is 0 Å². The molecule has 0 bridgehead atoms. The van der Waals surface area contributed by atoms with E-state index in [1.54, 1.807) is 0 Å². The van der Waals surface area contributed by atoms with Crippen LogP contribution in [0.1, 0.15) is 50.3 Å². The van der Waals surface area contributed by atoms with Crippen molar-refractivity contribution in [1.29, 1.82) is 0 Å². The van der Waals surface area contributed by atoms with Crippen LogP contribution in [0.4, 0.5) is 0 Å². The first-order valence-corrected chi connectivity index (χ1v) is 7.75. The largest absolute Gasteiger partial charge is 0.382 e. The van der Waals surface area contributed by atoms with Crippen molar-refractivity contribution in [1.82, 2.24) is 5.32 Å². The SMILES string of the molecule is CCCNC1c2ccccc2CCC1CCOCC. The average Bonchev–Trinajstić information content (AvgIpc) is 2.46. The first-order chi connectivity index (χ1) is 9.36. The van der Waals surface area contributed by atoms with Gasteiger partial charge in [0, 0.05) is 19.3 Å². The third-order valence-corrected chi connectivity index (χ3v) is 4.10. The Balaban J connectivity index is 2.07. The summed E-state index contributed by atoms with van der Waals surface area (Å²) in [5, 5.41) is 3.75. The zero-order valence-electron chi connectivity index (χ0n) is 12.3. The van der Waals surface area contributed by atoms with Gasteiger partial charge in [-0.3, -0.25) is 0 Å². The highest BCUT2D eigenvalue weighted by atomic mass is 16.5. The van der Waals surface area contributed by atoms with Crippen LogP contribution >= 0.6 is 0 Å². The number of nitrogens with one attached hydrogen (secondary N) is 1. The fourth-order valence-electron chi connectivity index (χ4n) is 3.09. The van der Waals surface area contributed by atoms with E-state index in [9.17, 15) is 0 Å². The van der Waals surface area contributed by atoms with Gasteiger partial charge in [0.15, 0.2) is 0 Å². The lowest BCUT2D eigenvalue weighted by Crippen LogP contribution is -2.33. The van der Waals surface area contributed by atoms with Crippen LogP contribution in [0.5, 0.6) is 0 Å². The second kappa shape index (κ2) is 7.66. The van der Waals surface area contributed by atoms with E-state index in [1.165, 1.54) is 36.8 Å². The van der Waals surface area contributed by atoms with Gasteiger partial charge < -0.3 is 10.1 Å². The van der Waals surface area contributed by atoms with Crippen molar-refractivity contribution in [2.24, 2.45) is 5.92 Å². The Morgan fingerprint density at radius 3 is 2.89 bits per heavy atom. The van der Waals surface area contributed by atoms with Crippen LogP contribution in [0.2, 0.25) is 0 Å². The molecule has 0 saturated heterocycles. The van der Waals surface area contributed by atoms with E-state index in [4.69, 9.17) is 4.74 Å². The lowest BCUT2D eigenvalue weighted by atomic mass is 9.78. The maximum atomic E-state index is 5.55. The summed E-state index contributed by atoms with van der Waals surface area (Å²) in [4.78, 5) is 0. The molecule has 1 aliphatic carbocycles. The van der Waals surface area contributed by atoms with Crippen molar-refractivity contribution in [3.8, 4) is 0 Å². The smallest absolute Gasteiger partial charge is 0.0469 e. The summed E-state index contributed by atoms with van der Waals surface area (Å²) < 4.78 is 5.55. The zero-order chi connectivity index (χ0) is 13.5. The van der Waals surface area contributed by atoms with Crippen molar-refractivity contribution >= 4 is 0 Å². The molecule has 1 N–H and O–H groups in total. The number of aryl methyl sites for hydroxylation is 1. The molecule has 0 aliphatic heterocycles. The van der Waals surface area contributed by atoms with Gasteiger partial charge >= 0.3 is 0 Å². The predicted octanol–water partition coefficient (Wildman–Crippen LogP) is 3.72. The summed E-state index contributed by atoms with van der Waals surface area (Å²) in [7, 11) is 0. The van der Waals surface area contributed by atoms with Gasteiger partial charge in [-0.05, 0) is 56.2 Å². The molecule has 1 aromatic rings. The first kappa shape index (κ1) is 14.5. The Kier molecular flexibility index (Phi) is 5.87. The van der Waals surface area contributed by atoms with E-state index in [-0.39, 0.29) is 0 Å². The van der Waals surface area contributed by atoms with Crippen molar-refractivity contribution in [2.45, 2.75) is 45.6 Å². The minimum atomic E-state index is 0.519. The molecule has 2 atom stereocenters. The predicted molar refractivity (Wildman–Crippen MR) is 80.4 cm³/mol. The Morgan fingerprint density at radius 1 is 1.26 bits per heavy atom. The van der Waals surface area contributed by atoms with E-state index in [1.807, 2.05) is 0 Å². The van der Waals surface area contributed by atoms with E-state index >= 15 is 0 Å². The monoisotopic (exact) mass is 261 g/mol. The Hall–Kier alpha value is -0.860. The lowest BCUT2D eigenvalue weighted by molar-refractivity contribution is 0.121. The maximum Gasteiger partial charge on any atom is 0.0469 e. The number of rotatable bonds is 7. The van der Waals surface area contributed by atoms with Gasteiger partial charge in [0.2, 0.25) is 0 Å². The van der Waals surface area contributed by atoms with Crippen LogP contribution in [0.15, 0.2) is 24.3 Å². The minimum Gasteiger partial charge on any atom is -0.382 e. The summed E-state index contributed by atoms with van der Waals surface area (Å²) in [5.74, 6) is 0.716. The molecule has 106 valence electrons. The van der Waals surface area contributed by atoms with Gasteiger partial charge in [-0.2, -0.15) is 0 Å². The normalized spacial score (nSPS) is 22.2. The molecule has 0 amide bonds. The number of benzene rings is 1. The first-order valence-electron chi connectivity index (χ1n) is 7.75. The molecule has 19 heavy (non-hydrogen) atoms. The van der Waals surface area contributed by atoms with Crippen LogP contribution in [0, 0.1) is 5.92 Å². The maximum absolute atomic E-state index is 5.55. The molecular formula is C17H27NO. The van der Waals surface area contributed by atoms with E-state index < -0.39 is 0 Å². The Morgan fingerprint density at radius 2 is 2.11 bits per heavy atom. The molecule has 0 fully saturated rings. The molecule has 1 aromatic carbocycles. The van der Waals surface area contributed by atoms with E-state index in [0.717, 1.165) is 19.8 Å². The molecule has 0 spiro atoms. The molecule has 0 heterocycles. The van der Waals surface area contributed by atoms with Gasteiger partial charge in [0.1, 0.15) is 0 Å². The van der Waals surface area contributed by atoms with Crippen molar-refractivity contribution in [2.75, 3.05) is 19.8 Å². The van der Waals surface area contributed by atoms with Gasteiger partial charge in [-0.25, -0.2) is 0 Å². The zero-order valence-corrected chi connectivity index (χ0v) is 12.3. The van der Waals surface area contributed by atoms with E-state index in [2.05, 4.69) is 43.4 Å². The van der Waals surface area contributed by atoms with Gasteiger partial charge in [-0.15, -0.1) is 0 Å². The quantitative estimate of drug-likeness (QED) is 0.755. The Bertz CT molecular complexity index is 377. The molecule has 2 unspecified atom stereocenters. The highest BCUT2D eigenvalue weighted by Crippen LogP contribution is 2.36. The molecule has 0 radical (unpaired) electrons. The molecule has 2 nitrogen and oxygen atoms in total. The van der Waals surface area contributed by atoms with Crippen LogP contribution in [-0.2, 0) is 11.2 Å². The third-order valence-electron chi connectivity index (χ3n) is 4.10. The summed E-state index contributed by atoms with van der Waals surface area (Å²) in [6.07, 6.45) is 4.86. The third kappa shape index (κ3) is 3.80. The highest BCUT2D eigenvalue weighted by molar-refractivity contribution is 5.33. The highest BCUT2D eigenvalue weighted by Gasteiger charge is 2.28. The van der Waals surface area contributed by atoms with Gasteiger partial charge in [-0.1, -0.05) is 31.2 Å². The summed E-state index contributed by atoms with van der Waals surface area (Å²) in [5.41, 5.74) is 3.05. The molecule has 2 heteroatoms. The fourth-order valence-corrected chi connectivity index (χ4v) is 3.09. The Labute approximate surface area is 117 Å². The number of fused-ring (bicyclic) bond motifs is 1. The van der Waals surface area contributed by atoms with Crippen LogP contribution < -0.4 is 5.32 Å². The van der Waals surface area contributed by atoms with Crippen molar-refractivity contribution in [3.05, 3.63) is 35.4 Å². The number of hydrogen-bond acceptors (Lipinski definition) is 2. The van der Waals surface area contributed by atoms with E-state index in [0.29, 0.717) is 12.0 Å². The van der Waals surface area contributed by atoms with Crippen molar-refractivity contribution in [3.63, 3.8) is 0 Å². The fraction of sp³-hybridized carbons (Fsp3) is 0.647.